The maximum absolute atomic E-state index is 16.3. The van der Waals surface area contributed by atoms with Crippen molar-refractivity contribution in [2.24, 2.45) is 5.92 Å². The molecule has 1 spiro atoms. The molecule has 1 aromatic heterocycles. The predicted molar refractivity (Wildman–Crippen MR) is 169 cm³/mol. The summed E-state index contributed by atoms with van der Waals surface area (Å²) in [4.78, 5) is 34.0. The van der Waals surface area contributed by atoms with E-state index in [4.69, 9.17) is 32.9 Å². The van der Waals surface area contributed by atoms with Crippen molar-refractivity contribution in [3.8, 4) is 0 Å². The highest BCUT2D eigenvalue weighted by molar-refractivity contribution is 6.31. The lowest BCUT2D eigenvalue weighted by atomic mass is 9.70. The summed E-state index contributed by atoms with van der Waals surface area (Å²) in [6.45, 7) is 0.746. The molecule has 4 heterocycles. The third kappa shape index (κ3) is 4.26. The molecule has 7 nitrogen and oxygen atoms in total. The first-order valence-corrected chi connectivity index (χ1v) is 15.6. The van der Waals surface area contributed by atoms with Gasteiger partial charge in [-0.2, -0.15) is 0 Å². The van der Waals surface area contributed by atoms with Crippen molar-refractivity contribution in [1.29, 1.82) is 0 Å². The SMILES string of the molecule is C.COC(=O)c1ccc2c(c1)nc1n2CC[C@H]2[C@@H]1[C@H](c1cccc(Cl)c1F)[C@]1(C(=O)Nc3cc(Cl)ccc31)N2CC1CC(F)(F)C1. The molecule has 1 amide bonds. The third-order valence-corrected chi connectivity index (χ3v) is 10.7. The van der Waals surface area contributed by atoms with Crippen molar-refractivity contribution in [2.45, 2.75) is 62.6 Å². The molecule has 12 heteroatoms. The Morgan fingerprint density at radius 1 is 1.13 bits per heavy atom. The summed E-state index contributed by atoms with van der Waals surface area (Å²) in [5.74, 6) is -5.36. The third-order valence-electron chi connectivity index (χ3n) is 10.2. The van der Waals surface area contributed by atoms with Crippen LogP contribution in [0.4, 0.5) is 18.9 Å². The number of carbonyl (C=O) groups excluding carboxylic acids is 2. The van der Waals surface area contributed by atoms with Crippen LogP contribution in [0, 0.1) is 11.7 Å². The first kappa shape index (κ1) is 31.0. The Morgan fingerprint density at radius 2 is 1.91 bits per heavy atom. The van der Waals surface area contributed by atoms with Crippen molar-refractivity contribution >= 4 is 51.8 Å². The van der Waals surface area contributed by atoms with Crippen LogP contribution < -0.4 is 5.32 Å². The molecule has 1 N–H and O–H groups in total. The van der Waals surface area contributed by atoms with E-state index in [-0.39, 0.29) is 55.3 Å². The number of rotatable bonds is 4. The van der Waals surface area contributed by atoms with Crippen LogP contribution in [0.3, 0.4) is 0 Å². The molecule has 46 heavy (non-hydrogen) atoms. The number of ether oxygens (including phenoxy) is 1. The number of benzene rings is 3. The van der Waals surface area contributed by atoms with Crippen LogP contribution >= 0.6 is 23.2 Å². The number of likely N-dealkylation sites (tertiary alicyclic amines) is 1. The highest BCUT2D eigenvalue weighted by Crippen LogP contribution is 2.65. The van der Waals surface area contributed by atoms with Gasteiger partial charge in [0.15, 0.2) is 0 Å². The van der Waals surface area contributed by atoms with Crippen LogP contribution in [-0.2, 0) is 21.6 Å². The zero-order valence-corrected chi connectivity index (χ0v) is 25.5. The number of alkyl halides is 2. The summed E-state index contributed by atoms with van der Waals surface area (Å²) in [5.41, 5.74) is 1.58. The standard InChI is InChI=1S/C33H27Cl2F3N4O3.CH4/c1-45-30(43)17-5-8-24-23(11-17)39-29-26-25(9-10-41(24)29)42(15-16-13-32(37,38)14-16)33(27(26)19-3-2-4-21(35)28(19)36)20-7-6-18(34)12-22(20)40-31(33)44;/h2-8,11-12,16,25-27H,9-10,13-15H2,1H3,(H,40,44);1H4/t25-,26+,27-,33+;/m0./s1. The molecule has 2 fully saturated rings. The first-order valence-electron chi connectivity index (χ1n) is 14.8. The maximum atomic E-state index is 16.3. The first-order chi connectivity index (χ1) is 21.5. The number of esters is 1. The molecule has 4 aromatic rings. The van der Waals surface area contributed by atoms with Crippen LogP contribution in [-0.4, -0.2) is 51.9 Å². The summed E-state index contributed by atoms with van der Waals surface area (Å²) >= 11 is 12.7. The second-order valence-corrected chi connectivity index (χ2v) is 13.4. The topological polar surface area (TPSA) is 76.5 Å². The van der Waals surface area contributed by atoms with Crippen molar-refractivity contribution in [3.05, 3.63) is 93.0 Å². The van der Waals surface area contributed by atoms with E-state index in [0.717, 1.165) is 5.52 Å². The molecule has 240 valence electrons. The maximum Gasteiger partial charge on any atom is 0.337 e. The Kier molecular flexibility index (Phi) is 7.23. The van der Waals surface area contributed by atoms with Gasteiger partial charge in [-0.05, 0) is 54.3 Å². The number of amides is 1. The summed E-state index contributed by atoms with van der Waals surface area (Å²) in [6, 6.07) is 14.7. The number of carbonyl (C=O) groups is 2. The number of hydrogen-bond acceptors (Lipinski definition) is 5. The Balaban J connectivity index is 0.00000338. The molecule has 4 atom stereocenters. The van der Waals surface area contributed by atoms with E-state index < -0.39 is 35.1 Å². The van der Waals surface area contributed by atoms with E-state index in [1.807, 2.05) is 11.0 Å². The van der Waals surface area contributed by atoms with Crippen LogP contribution in [0.25, 0.3) is 11.0 Å². The molecule has 4 aliphatic rings. The lowest BCUT2D eigenvalue weighted by molar-refractivity contribution is -0.136. The highest BCUT2D eigenvalue weighted by atomic mass is 35.5. The lowest BCUT2D eigenvalue weighted by Gasteiger charge is -2.45. The number of imidazole rings is 1. The fourth-order valence-electron chi connectivity index (χ4n) is 8.45. The molecule has 1 saturated heterocycles. The summed E-state index contributed by atoms with van der Waals surface area (Å²) in [6.07, 6.45) is -0.00419. The van der Waals surface area contributed by atoms with E-state index in [1.165, 1.54) is 13.2 Å². The van der Waals surface area contributed by atoms with E-state index in [2.05, 4.69) is 9.88 Å². The number of aromatic nitrogens is 2. The van der Waals surface area contributed by atoms with Gasteiger partial charge in [-0.25, -0.2) is 22.9 Å². The minimum Gasteiger partial charge on any atom is -0.465 e. The monoisotopic (exact) mass is 670 g/mol. The Morgan fingerprint density at radius 3 is 2.65 bits per heavy atom. The Labute approximate surface area is 273 Å². The van der Waals surface area contributed by atoms with Gasteiger partial charge in [-0.15, -0.1) is 0 Å². The van der Waals surface area contributed by atoms with Crippen LogP contribution in [0.2, 0.25) is 10.0 Å². The molecule has 3 aromatic carbocycles. The Hall–Kier alpha value is -3.60. The van der Waals surface area contributed by atoms with Gasteiger partial charge in [0.25, 0.3) is 0 Å². The van der Waals surface area contributed by atoms with Gasteiger partial charge >= 0.3 is 5.97 Å². The van der Waals surface area contributed by atoms with Gasteiger partial charge in [-0.1, -0.05) is 48.8 Å². The van der Waals surface area contributed by atoms with E-state index in [9.17, 15) is 18.4 Å². The number of nitrogens with zero attached hydrogens (tertiary/aromatic N) is 3. The molecule has 1 aliphatic carbocycles. The number of hydrogen-bond donors (Lipinski definition) is 1. The number of aryl methyl sites for hydroxylation is 1. The Bertz CT molecular complexity index is 1930. The normalized spacial score (nSPS) is 26.2. The fraction of sp³-hybridized carbons (Fsp3) is 0.382. The highest BCUT2D eigenvalue weighted by Gasteiger charge is 2.69. The molecular formula is C34H31Cl2F3N4O3. The smallest absolute Gasteiger partial charge is 0.337 e. The molecule has 1 saturated carbocycles. The quantitative estimate of drug-likeness (QED) is 0.225. The van der Waals surface area contributed by atoms with E-state index >= 15 is 4.39 Å². The summed E-state index contributed by atoms with van der Waals surface area (Å²) < 4.78 is 51.6. The largest absolute Gasteiger partial charge is 0.465 e. The number of methoxy groups -OCH3 is 1. The molecular weight excluding hydrogens is 640 g/mol. The second kappa shape index (κ2) is 10.7. The molecule has 8 rings (SSSR count). The van der Waals surface area contributed by atoms with Gasteiger partial charge < -0.3 is 14.6 Å². The lowest BCUT2D eigenvalue weighted by Crippen LogP contribution is -2.55. The van der Waals surface area contributed by atoms with Gasteiger partial charge in [0, 0.05) is 60.1 Å². The molecule has 0 unspecified atom stereocenters. The average molecular weight is 672 g/mol. The zero-order valence-electron chi connectivity index (χ0n) is 24.0. The fourth-order valence-corrected chi connectivity index (χ4v) is 8.81. The van der Waals surface area contributed by atoms with Crippen molar-refractivity contribution in [2.75, 3.05) is 19.0 Å². The zero-order chi connectivity index (χ0) is 31.4. The number of anilines is 1. The van der Waals surface area contributed by atoms with Crippen molar-refractivity contribution < 1.29 is 27.5 Å². The second-order valence-electron chi connectivity index (χ2n) is 12.5. The van der Waals surface area contributed by atoms with E-state index in [0.29, 0.717) is 46.1 Å². The predicted octanol–water partition coefficient (Wildman–Crippen LogP) is 7.75. The van der Waals surface area contributed by atoms with Crippen molar-refractivity contribution in [3.63, 3.8) is 0 Å². The molecule has 3 aliphatic heterocycles. The minimum atomic E-state index is -2.75. The average Bonchev–Trinajstić information content (AvgIpc) is 3.60. The number of fused-ring (bicyclic) bond motifs is 7. The number of nitrogens with one attached hydrogen (secondary N) is 1. The molecule has 0 bridgehead atoms. The molecule has 0 radical (unpaired) electrons. The van der Waals surface area contributed by atoms with Gasteiger partial charge in [0.2, 0.25) is 11.8 Å². The summed E-state index contributed by atoms with van der Waals surface area (Å²) in [7, 11) is 1.31. The minimum absolute atomic E-state index is 0. The van der Waals surface area contributed by atoms with Crippen molar-refractivity contribution in [1.82, 2.24) is 14.5 Å². The summed E-state index contributed by atoms with van der Waals surface area (Å²) in [5, 5.41) is 3.33. The number of halogens is 5. The van der Waals surface area contributed by atoms with Gasteiger partial charge in [0.1, 0.15) is 17.2 Å². The van der Waals surface area contributed by atoms with E-state index in [1.54, 1.807) is 42.5 Å². The van der Waals surface area contributed by atoms with Crippen LogP contribution in [0.5, 0.6) is 0 Å². The van der Waals surface area contributed by atoms with Crippen LogP contribution in [0.15, 0.2) is 54.6 Å². The van der Waals surface area contributed by atoms with Gasteiger partial charge in [-0.3, -0.25) is 9.69 Å². The van der Waals surface area contributed by atoms with Crippen LogP contribution in [0.1, 0.15) is 65.8 Å². The van der Waals surface area contributed by atoms with Gasteiger partial charge in [0.05, 0.1) is 28.7 Å².